The number of carbonyl (C=O) groups excluding carboxylic acids is 3. The molecule has 0 fully saturated rings. The van der Waals surface area contributed by atoms with E-state index >= 15 is 0 Å². The van der Waals surface area contributed by atoms with Gasteiger partial charge < -0.3 is 15.2 Å². The summed E-state index contributed by atoms with van der Waals surface area (Å²) in [5.41, 5.74) is 2.11. The number of methoxy groups -OCH3 is 1. The van der Waals surface area contributed by atoms with Crippen molar-refractivity contribution in [3.05, 3.63) is 35.9 Å². The van der Waals surface area contributed by atoms with Crippen LogP contribution in [0.4, 0.5) is 18.0 Å². The monoisotopic (exact) mass is 376 g/mol. The molecule has 1 aromatic rings. The number of carbonyl (C=O) groups is 3. The fraction of sp³-hybridized carbons (Fsp3) is 0.438. The van der Waals surface area contributed by atoms with Crippen molar-refractivity contribution in [3.63, 3.8) is 0 Å². The zero-order valence-electron chi connectivity index (χ0n) is 14.0. The smallest absolute Gasteiger partial charge is 0.422 e. The van der Waals surface area contributed by atoms with E-state index in [0.29, 0.717) is 5.56 Å². The average molecular weight is 376 g/mol. The van der Waals surface area contributed by atoms with E-state index < -0.39 is 42.5 Å². The SMILES string of the molecule is COC(=O)C(CCCC(N)=O)(NC(=O)OCc1ccccc1)C(F)(F)F. The van der Waals surface area contributed by atoms with Crippen molar-refractivity contribution >= 4 is 18.0 Å². The highest BCUT2D eigenvalue weighted by atomic mass is 19.4. The predicted molar refractivity (Wildman–Crippen MR) is 83.6 cm³/mol. The molecule has 10 heteroatoms. The summed E-state index contributed by atoms with van der Waals surface area (Å²) < 4.78 is 49.7. The van der Waals surface area contributed by atoms with Gasteiger partial charge in [-0.25, -0.2) is 9.59 Å². The standard InChI is InChI=1S/C16H19F3N2O5/c1-25-13(23)15(16(17,18)19,9-5-8-12(20)22)21-14(24)26-10-11-6-3-2-4-7-11/h2-4,6-7H,5,8-10H2,1H3,(H2,20,22)(H,21,24). The first-order valence-corrected chi connectivity index (χ1v) is 7.54. The van der Waals surface area contributed by atoms with Crippen LogP contribution >= 0.6 is 0 Å². The molecule has 1 rings (SSSR count). The van der Waals surface area contributed by atoms with Crippen molar-refractivity contribution in [1.82, 2.24) is 5.32 Å². The molecule has 0 aliphatic rings. The highest BCUT2D eigenvalue weighted by Crippen LogP contribution is 2.36. The molecule has 1 aromatic carbocycles. The van der Waals surface area contributed by atoms with Crippen molar-refractivity contribution in [2.24, 2.45) is 5.73 Å². The summed E-state index contributed by atoms with van der Waals surface area (Å²) in [6.45, 7) is -0.289. The highest BCUT2D eigenvalue weighted by molar-refractivity contribution is 5.87. The molecule has 0 saturated heterocycles. The number of nitrogens with one attached hydrogen (secondary N) is 1. The van der Waals surface area contributed by atoms with E-state index in [2.05, 4.69) is 4.74 Å². The summed E-state index contributed by atoms with van der Waals surface area (Å²) in [4.78, 5) is 34.5. The van der Waals surface area contributed by atoms with E-state index in [9.17, 15) is 27.6 Å². The molecule has 0 spiro atoms. The molecule has 1 atom stereocenters. The lowest BCUT2D eigenvalue weighted by atomic mass is 9.91. The lowest BCUT2D eigenvalue weighted by Crippen LogP contribution is -2.64. The van der Waals surface area contributed by atoms with Crippen LogP contribution in [-0.2, 0) is 25.7 Å². The molecule has 0 heterocycles. The molecule has 0 aliphatic carbocycles. The summed E-state index contributed by atoms with van der Waals surface area (Å²) in [7, 11) is 0.758. The molecule has 0 saturated carbocycles. The van der Waals surface area contributed by atoms with Gasteiger partial charge in [0.05, 0.1) is 7.11 Å². The minimum absolute atomic E-state index is 0.289. The fourth-order valence-corrected chi connectivity index (χ4v) is 2.18. The summed E-state index contributed by atoms with van der Waals surface area (Å²) in [5, 5.41) is 1.55. The summed E-state index contributed by atoms with van der Waals surface area (Å²) in [6, 6.07) is 8.26. The van der Waals surface area contributed by atoms with Gasteiger partial charge in [0.15, 0.2) is 0 Å². The van der Waals surface area contributed by atoms with Crippen molar-refractivity contribution < 1.29 is 37.0 Å². The van der Waals surface area contributed by atoms with Crippen LogP contribution < -0.4 is 11.1 Å². The second-order valence-corrected chi connectivity index (χ2v) is 5.40. The molecular formula is C16H19F3N2O5. The maximum Gasteiger partial charge on any atom is 0.422 e. The number of primary amides is 1. The summed E-state index contributed by atoms with van der Waals surface area (Å²) >= 11 is 0. The predicted octanol–water partition coefficient (Wildman–Crippen LogP) is 2.04. The Morgan fingerprint density at radius 2 is 1.77 bits per heavy atom. The fourth-order valence-electron chi connectivity index (χ4n) is 2.18. The van der Waals surface area contributed by atoms with E-state index in [-0.39, 0.29) is 13.0 Å². The lowest BCUT2D eigenvalue weighted by Gasteiger charge is -2.33. The summed E-state index contributed by atoms with van der Waals surface area (Å²) in [5.74, 6) is -2.55. The van der Waals surface area contributed by atoms with Crippen LogP contribution in [0.15, 0.2) is 30.3 Å². The third-order valence-corrected chi connectivity index (χ3v) is 3.52. The number of amides is 2. The Balaban J connectivity index is 2.93. The van der Waals surface area contributed by atoms with Gasteiger partial charge in [-0.2, -0.15) is 13.2 Å². The van der Waals surface area contributed by atoms with E-state index in [1.54, 1.807) is 35.6 Å². The Morgan fingerprint density at radius 1 is 1.15 bits per heavy atom. The van der Waals surface area contributed by atoms with Gasteiger partial charge in [0.1, 0.15) is 6.61 Å². The molecule has 0 bridgehead atoms. The molecule has 0 aliphatic heterocycles. The Kier molecular flexibility index (Phi) is 7.41. The normalized spacial score (nSPS) is 13.4. The molecule has 7 nitrogen and oxygen atoms in total. The van der Waals surface area contributed by atoms with Crippen LogP contribution in [0.5, 0.6) is 0 Å². The first-order valence-electron chi connectivity index (χ1n) is 7.54. The Bertz CT molecular complexity index is 637. The van der Waals surface area contributed by atoms with Gasteiger partial charge in [0, 0.05) is 6.42 Å². The highest BCUT2D eigenvalue weighted by Gasteiger charge is 2.62. The number of benzene rings is 1. The third kappa shape index (κ3) is 5.64. The van der Waals surface area contributed by atoms with Gasteiger partial charge in [-0.3, -0.25) is 10.1 Å². The number of halogens is 3. The number of hydrogen-bond acceptors (Lipinski definition) is 5. The van der Waals surface area contributed by atoms with E-state index in [1.807, 2.05) is 0 Å². The molecule has 1 unspecified atom stereocenters. The number of esters is 1. The molecule has 2 amide bonds. The van der Waals surface area contributed by atoms with Crippen molar-refractivity contribution in [2.75, 3.05) is 7.11 Å². The van der Waals surface area contributed by atoms with Gasteiger partial charge in [-0.15, -0.1) is 0 Å². The lowest BCUT2D eigenvalue weighted by molar-refractivity contribution is -0.212. The number of nitrogens with two attached hydrogens (primary N) is 1. The molecule has 144 valence electrons. The quantitative estimate of drug-likeness (QED) is 0.675. The second-order valence-electron chi connectivity index (χ2n) is 5.40. The van der Waals surface area contributed by atoms with Gasteiger partial charge in [-0.05, 0) is 18.4 Å². The molecule has 0 radical (unpaired) electrons. The molecule has 26 heavy (non-hydrogen) atoms. The Morgan fingerprint density at radius 3 is 2.27 bits per heavy atom. The third-order valence-electron chi connectivity index (χ3n) is 3.52. The van der Waals surface area contributed by atoms with Crippen LogP contribution in [0, 0.1) is 0 Å². The van der Waals surface area contributed by atoms with Crippen LogP contribution in [0.2, 0.25) is 0 Å². The van der Waals surface area contributed by atoms with Gasteiger partial charge >= 0.3 is 18.2 Å². The molecule has 0 aromatic heterocycles. The number of rotatable bonds is 8. The van der Waals surface area contributed by atoms with E-state index in [0.717, 1.165) is 7.11 Å². The zero-order valence-corrected chi connectivity index (χ0v) is 14.0. The van der Waals surface area contributed by atoms with Crippen LogP contribution in [0.3, 0.4) is 0 Å². The Hall–Kier alpha value is -2.78. The average Bonchev–Trinajstić information content (AvgIpc) is 2.58. The first kappa shape index (κ1) is 21.3. The van der Waals surface area contributed by atoms with E-state index in [4.69, 9.17) is 10.5 Å². The number of ether oxygens (including phenoxy) is 2. The Labute approximate surface area is 147 Å². The van der Waals surface area contributed by atoms with Crippen LogP contribution in [0.1, 0.15) is 24.8 Å². The molecular weight excluding hydrogens is 357 g/mol. The molecule has 3 N–H and O–H groups in total. The van der Waals surface area contributed by atoms with Crippen molar-refractivity contribution in [2.45, 2.75) is 37.6 Å². The van der Waals surface area contributed by atoms with Gasteiger partial charge in [-0.1, -0.05) is 30.3 Å². The van der Waals surface area contributed by atoms with Gasteiger partial charge in [0.2, 0.25) is 11.4 Å². The largest absolute Gasteiger partial charge is 0.467 e. The van der Waals surface area contributed by atoms with Crippen molar-refractivity contribution in [1.29, 1.82) is 0 Å². The van der Waals surface area contributed by atoms with Crippen LogP contribution in [-0.4, -0.2) is 36.8 Å². The number of alkyl halides is 3. The minimum atomic E-state index is -5.18. The van der Waals surface area contributed by atoms with Crippen molar-refractivity contribution in [3.8, 4) is 0 Å². The van der Waals surface area contributed by atoms with Crippen LogP contribution in [0.25, 0.3) is 0 Å². The second kappa shape index (κ2) is 9.07. The number of hydrogen-bond donors (Lipinski definition) is 2. The maximum absolute atomic E-state index is 13.6. The zero-order chi connectivity index (χ0) is 19.8. The summed E-state index contributed by atoms with van der Waals surface area (Å²) in [6.07, 6.45) is -8.33. The van der Waals surface area contributed by atoms with Gasteiger partial charge in [0.25, 0.3) is 0 Å². The van der Waals surface area contributed by atoms with E-state index in [1.165, 1.54) is 0 Å². The topological polar surface area (TPSA) is 108 Å². The maximum atomic E-state index is 13.6. The first-order chi connectivity index (χ1) is 12.1. The number of alkyl carbamates (subject to hydrolysis) is 1. The minimum Gasteiger partial charge on any atom is -0.467 e.